The number of aromatic nitrogens is 4. The molecule has 32 valence electrons. The minimum absolute atomic E-state index is 0.111. The first-order valence-electron chi connectivity index (χ1n) is 1.29. The number of nitrogens with zero attached hydrogens (tertiary/aromatic N) is 4. The third kappa shape index (κ3) is 0.333. The van der Waals surface area contributed by atoms with Crippen LogP contribution in [0.4, 0.5) is 4.48 Å². The van der Waals surface area contributed by atoms with Crippen LogP contribution in [0.2, 0.25) is 0 Å². The van der Waals surface area contributed by atoms with Crippen LogP contribution in [0.1, 0.15) is 0 Å². The summed E-state index contributed by atoms with van der Waals surface area (Å²) >= 11 is 0. The van der Waals surface area contributed by atoms with Gasteiger partial charge in [-0.2, -0.15) is 0 Å². The Bertz CT molecular complexity index is 111. The van der Waals surface area contributed by atoms with Crippen molar-refractivity contribution in [2.24, 2.45) is 0 Å². The zero-order valence-corrected chi connectivity index (χ0v) is 2.74. The lowest BCUT2D eigenvalue weighted by molar-refractivity contribution is 0.257. The van der Waals surface area contributed by atoms with Crippen molar-refractivity contribution >= 4 is 0 Å². The molecule has 0 bridgehead atoms. The largest absolute Gasteiger partial charge is 0.165 e. The first kappa shape index (κ1) is 3.20. The van der Waals surface area contributed by atoms with Gasteiger partial charge in [0.2, 0.25) is 0 Å². The summed E-state index contributed by atoms with van der Waals surface area (Å²) in [5.74, 6) is 0. The molecule has 1 heterocycles. The van der Waals surface area contributed by atoms with Crippen LogP contribution in [-0.4, -0.2) is 20.4 Å². The molecule has 6 heavy (non-hydrogen) atoms. The van der Waals surface area contributed by atoms with E-state index in [4.69, 9.17) is 0 Å². The van der Waals surface area contributed by atoms with Crippen LogP contribution >= 0.6 is 0 Å². The van der Waals surface area contributed by atoms with E-state index in [1.54, 1.807) is 0 Å². The van der Waals surface area contributed by atoms with Crippen LogP contribution < -0.4 is 0 Å². The van der Waals surface area contributed by atoms with Crippen LogP contribution in [-0.2, 0) is 0 Å². The van der Waals surface area contributed by atoms with Crippen LogP contribution in [0.25, 0.3) is 0 Å². The lowest BCUT2D eigenvalue weighted by Crippen LogP contribution is -1.84. The number of hydrogen-bond donors (Lipinski definition) is 0. The highest BCUT2D eigenvalue weighted by Crippen LogP contribution is 1.63. The summed E-state index contributed by atoms with van der Waals surface area (Å²) in [6.07, 6.45) is 1.01. The summed E-state index contributed by atoms with van der Waals surface area (Å²) in [4.78, 5) is 0. The van der Waals surface area contributed by atoms with Crippen molar-refractivity contribution < 1.29 is 4.48 Å². The van der Waals surface area contributed by atoms with Crippen molar-refractivity contribution in [1.29, 1.82) is 0 Å². The normalized spacial score (nSPS) is 8.83. The molecule has 0 aliphatic heterocycles. The highest BCUT2D eigenvalue weighted by Gasteiger charge is 1.77. The van der Waals surface area contributed by atoms with Gasteiger partial charge in [-0.25, -0.2) is 0 Å². The molecule has 0 radical (unpaired) electrons. The molecule has 1 rings (SSSR count). The van der Waals surface area contributed by atoms with E-state index in [0.717, 1.165) is 6.33 Å². The molecule has 1 aromatic rings. The van der Waals surface area contributed by atoms with E-state index in [-0.39, 0.29) is 5.02 Å². The molecule has 1 aromatic heterocycles. The van der Waals surface area contributed by atoms with Gasteiger partial charge < -0.3 is 0 Å². The van der Waals surface area contributed by atoms with E-state index >= 15 is 0 Å². The van der Waals surface area contributed by atoms with Crippen molar-refractivity contribution in [2.45, 2.75) is 0 Å². The Hall–Kier alpha value is -1.00. The predicted octanol–water partition coefficient (Wildman–Crippen LogP) is -0.594. The molecular weight excluding hydrogens is 87.0 g/mol. The fourth-order valence-electron chi connectivity index (χ4n) is 0.155. The van der Waals surface area contributed by atoms with Crippen LogP contribution in [0.3, 0.4) is 0 Å². The molecule has 0 atom stereocenters. The number of hydrogen-bond acceptors (Lipinski definition) is 3. The van der Waals surface area contributed by atoms with Crippen LogP contribution in [0.5, 0.6) is 0 Å². The standard InChI is InChI=1S/CHFN4/c2-6-4-1-3-5-6/h1H. The van der Waals surface area contributed by atoms with E-state index in [0.29, 0.717) is 0 Å². The monoisotopic (exact) mass is 88.0 g/mol. The number of tetrazole rings is 1. The zero-order valence-electron chi connectivity index (χ0n) is 2.74. The molecule has 0 aromatic carbocycles. The second-order valence-electron chi connectivity index (χ2n) is 0.676. The summed E-state index contributed by atoms with van der Waals surface area (Å²) in [7, 11) is 0. The highest BCUT2D eigenvalue weighted by molar-refractivity contribution is 4.27. The van der Waals surface area contributed by atoms with E-state index in [9.17, 15) is 4.48 Å². The highest BCUT2D eigenvalue weighted by atomic mass is 19.2. The van der Waals surface area contributed by atoms with Crippen molar-refractivity contribution in [3.63, 3.8) is 0 Å². The third-order valence-corrected chi connectivity index (χ3v) is 0.324. The molecule has 0 aliphatic rings. The predicted molar refractivity (Wildman–Crippen MR) is 14.3 cm³/mol. The topological polar surface area (TPSA) is 43.6 Å². The molecule has 0 saturated carbocycles. The zero-order chi connectivity index (χ0) is 4.41. The van der Waals surface area contributed by atoms with Crippen molar-refractivity contribution in [3.8, 4) is 0 Å². The smallest absolute Gasteiger partial charge is 0.114 e. The SMILES string of the molecule is Fn1ncnn1. The van der Waals surface area contributed by atoms with E-state index < -0.39 is 0 Å². The fourth-order valence-corrected chi connectivity index (χ4v) is 0.155. The van der Waals surface area contributed by atoms with Gasteiger partial charge in [0.25, 0.3) is 0 Å². The average Bonchev–Trinajstić information content (AvgIpc) is 1.86. The van der Waals surface area contributed by atoms with Crippen molar-refractivity contribution in [2.75, 3.05) is 0 Å². The lowest BCUT2D eigenvalue weighted by Gasteiger charge is -1.64. The Morgan fingerprint density at radius 3 is 2.67 bits per heavy atom. The number of halogens is 1. The molecule has 4 nitrogen and oxygen atoms in total. The Labute approximate surface area is 32.5 Å². The van der Waals surface area contributed by atoms with Gasteiger partial charge in [-0.15, -0.1) is 10.2 Å². The van der Waals surface area contributed by atoms with E-state index in [1.807, 2.05) is 0 Å². The molecule has 0 saturated heterocycles. The van der Waals surface area contributed by atoms with Crippen LogP contribution in [0.15, 0.2) is 6.33 Å². The quantitative estimate of drug-likeness (QED) is 0.425. The Morgan fingerprint density at radius 1 is 1.67 bits per heavy atom. The molecule has 0 N–H and O–H groups in total. The summed E-state index contributed by atoms with van der Waals surface area (Å²) in [6.45, 7) is 0. The second kappa shape index (κ2) is 1.00. The third-order valence-electron chi connectivity index (χ3n) is 0.324. The Morgan fingerprint density at radius 2 is 2.50 bits per heavy atom. The van der Waals surface area contributed by atoms with Gasteiger partial charge in [0, 0.05) is 5.02 Å². The molecule has 0 amide bonds. The first-order chi connectivity index (χ1) is 2.89. The number of rotatable bonds is 0. The summed E-state index contributed by atoms with van der Waals surface area (Å²) in [5, 5.41) is 8.69. The van der Waals surface area contributed by atoms with Gasteiger partial charge in [-0.05, 0) is 5.21 Å². The fraction of sp³-hybridized carbons (Fsp3) is 0. The van der Waals surface area contributed by atoms with Gasteiger partial charge in [-0.3, -0.25) is 0 Å². The van der Waals surface area contributed by atoms with Gasteiger partial charge in [0.15, 0.2) is 6.33 Å². The van der Waals surface area contributed by atoms with Crippen LogP contribution in [0, 0.1) is 0 Å². The van der Waals surface area contributed by atoms with E-state index in [2.05, 4.69) is 15.4 Å². The summed E-state index contributed by atoms with van der Waals surface area (Å²) in [5.41, 5.74) is 0. The maximum absolute atomic E-state index is 11.3. The summed E-state index contributed by atoms with van der Waals surface area (Å²) < 4.78 is 11.3. The Balaban J connectivity index is 3.05. The lowest BCUT2D eigenvalue weighted by atomic mass is 11.4. The molecule has 0 spiro atoms. The average molecular weight is 88.0 g/mol. The van der Waals surface area contributed by atoms with Gasteiger partial charge in [0.05, 0.1) is 0 Å². The second-order valence-corrected chi connectivity index (χ2v) is 0.676. The maximum Gasteiger partial charge on any atom is 0.165 e. The maximum atomic E-state index is 11.3. The molecule has 0 aliphatic carbocycles. The van der Waals surface area contributed by atoms with Gasteiger partial charge in [0.1, 0.15) is 0 Å². The molecule has 5 heteroatoms. The molecule has 0 fully saturated rings. The molecular formula is CHFN4. The van der Waals surface area contributed by atoms with Crippen molar-refractivity contribution in [1.82, 2.24) is 20.4 Å². The molecule has 0 unspecified atom stereocenters. The minimum Gasteiger partial charge on any atom is -0.114 e. The Kier molecular flexibility index (Phi) is 0.533. The van der Waals surface area contributed by atoms with Gasteiger partial charge in [-0.1, -0.05) is 4.48 Å². The minimum atomic E-state index is -0.111. The van der Waals surface area contributed by atoms with E-state index in [1.165, 1.54) is 0 Å². The summed E-state index contributed by atoms with van der Waals surface area (Å²) in [6, 6.07) is 0. The first-order valence-corrected chi connectivity index (χ1v) is 1.29. The van der Waals surface area contributed by atoms with Gasteiger partial charge >= 0.3 is 0 Å². The van der Waals surface area contributed by atoms with Crippen molar-refractivity contribution in [3.05, 3.63) is 6.33 Å².